The first kappa shape index (κ1) is 61.9. The number of para-hydroxylation sites is 1. The van der Waals surface area contributed by atoms with E-state index in [2.05, 4.69) is 49.2 Å². The number of thiazole rings is 1. The Hall–Kier alpha value is -5.66. The number of hydrogen-bond donors (Lipinski definition) is 5. The van der Waals surface area contributed by atoms with Gasteiger partial charge in [-0.1, -0.05) is 107 Å². The van der Waals surface area contributed by atoms with Crippen LogP contribution in [0.4, 0.5) is 23.1 Å². The molecular formula is C61H84ClN9O7S2. The Balaban J connectivity index is 0.794. The van der Waals surface area contributed by atoms with Crippen LogP contribution in [0.2, 0.25) is 5.02 Å². The van der Waals surface area contributed by atoms with E-state index in [0.717, 1.165) is 91.5 Å². The van der Waals surface area contributed by atoms with Crippen LogP contribution in [0.5, 0.6) is 5.75 Å². The quantitative estimate of drug-likeness (QED) is 0.0327. The molecule has 434 valence electrons. The standard InChI is InChI=1S/C61H84ClN9O7S2/c1-39(2)78-52-34-47(41(5)32-50(52)68-60-65-36-48(62)57(69-60)67-49-20-17-18-21-53(49)80(76,77)40(3)4)44-27-30-70(31-28-44)54(73)22-16-14-12-10-11-13-15-19-29-63-56(61(7,8)9)59(75)71-37-46(72)33-51(71)58(74)64-35-43-23-25-45(26-24-43)55-42(6)66-38-79-55/h17-18,20-21,23-26,32,34,36,38-40,44,46,51,56,63,72H,10-16,19,22,27-31,33,35,37H2,1-9H3,(H,64,74)(H2,65,67,68,69)/t46-,51+,56-/m1/s1. The second-order valence-electron chi connectivity index (χ2n) is 23.2. The van der Waals surface area contributed by atoms with Crippen molar-refractivity contribution >= 4 is 73.6 Å². The molecule has 0 radical (unpaired) electrons. The number of piperidine rings is 1. The van der Waals surface area contributed by atoms with Gasteiger partial charge in [-0.2, -0.15) is 4.98 Å². The lowest BCUT2D eigenvalue weighted by molar-refractivity contribution is -0.142. The molecule has 3 aromatic carbocycles. The van der Waals surface area contributed by atoms with Crippen LogP contribution in [0.3, 0.4) is 0 Å². The number of likely N-dealkylation sites (tertiary alicyclic amines) is 2. The fourth-order valence-corrected chi connectivity index (χ4v) is 12.8. The summed E-state index contributed by atoms with van der Waals surface area (Å²) in [6, 6.07) is 17.6. The first-order valence-corrected chi connectivity index (χ1v) is 31.4. The molecule has 2 aliphatic rings. The number of hydrogen-bond acceptors (Lipinski definition) is 14. The summed E-state index contributed by atoms with van der Waals surface area (Å²) < 4.78 is 32.6. The van der Waals surface area contributed by atoms with Crippen molar-refractivity contribution in [2.75, 3.05) is 36.8 Å². The fraction of sp³-hybridized carbons (Fsp3) is 0.541. The minimum atomic E-state index is -3.59. The molecule has 3 amide bonds. The van der Waals surface area contributed by atoms with Crippen LogP contribution in [-0.2, 0) is 30.8 Å². The Bertz CT molecular complexity index is 2990. The van der Waals surface area contributed by atoms with E-state index in [-0.39, 0.29) is 64.4 Å². The van der Waals surface area contributed by atoms with Crippen molar-refractivity contribution < 1.29 is 32.6 Å². The van der Waals surface area contributed by atoms with E-state index in [9.17, 15) is 27.9 Å². The third-order valence-electron chi connectivity index (χ3n) is 15.1. The summed E-state index contributed by atoms with van der Waals surface area (Å²) in [6.45, 7) is 20.0. The Morgan fingerprint density at radius 2 is 1.55 bits per heavy atom. The molecule has 0 spiro atoms. The van der Waals surface area contributed by atoms with Gasteiger partial charge in [0.05, 0.1) is 62.0 Å². The number of aromatic nitrogens is 3. The van der Waals surface area contributed by atoms with E-state index in [0.29, 0.717) is 49.7 Å². The van der Waals surface area contributed by atoms with Crippen molar-refractivity contribution in [2.45, 2.75) is 186 Å². The second-order valence-corrected chi connectivity index (χ2v) is 26.9. The van der Waals surface area contributed by atoms with Crippen molar-refractivity contribution in [3.63, 3.8) is 0 Å². The molecular weight excluding hydrogens is 1070 g/mol. The summed E-state index contributed by atoms with van der Waals surface area (Å²) in [4.78, 5) is 59.3. The van der Waals surface area contributed by atoms with Crippen LogP contribution in [0.15, 0.2) is 77.3 Å². The zero-order valence-electron chi connectivity index (χ0n) is 48.2. The third kappa shape index (κ3) is 16.5. The van der Waals surface area contributed by atoms with E-state index in [4.69, 9.17) is 16.3 Å². The van der Waals surface area contributed by atoms with Gasteiger partial charge in [-0.05, 0) is 132 Å². The maximum absolute atomic E-state index is 14.1. The number of anilines is 4. The van der Waals surface area contributed by atoms with Gasteiger partial charge in [0.1, 0.15) is 16.8 Å². The van der Waals surface area contributed by atoms with E-state index in [1.807, 2.05) is 82.3 Å². The Morgan fingerprint density at radius 3 is 2.20 bits per heavy atom. The predicted molar refractivity (Wildman–Crippen MR) is 321 cm³/mol. The molecule has 4 heterocycles. The predicted octanol–water partition coefficient (Wildman–Crippen LogP) is 11.8. The first-order valence-electron chi connectivity index (χ1n) is 28.6. The van der Waals surface area contributed by atoms with Gasteiger partial charge in [0.2, 0.25) is 23.7 Å². The lowest BCUT2D eigenvalue weighted by Crippen LogP contribution is -2.56. The Labute approximate surface area is 483 Å². The monoisotopic (exact) mass is 1150 g/mol. The van der Waals surface area contributed by atoms with Crippen molar-refractivity contribution in [1.29, 1.82) is 0 Å². The molecule has 19 heteroatoms. The van der Waals surface area contributed by atoms with Gasteiger partial charge in [0.15, 0.2) is 15.7 Å². The Kier molecular flexibility index (Phi) is 22.0. The fourth-order valence-electron chi connectivity index (χ4n) is 10.6. The number of aryl methyl sites for hydroxylation is 2. The van der Waals surface area contributed by atoms with E-state index < -0.39 is 38.7 Å². The molecule has 2 saturated heterocycles. The SMILES string of the molecule is Cc1cc(Nc2ncc(Cl)c(Nc3ccccc3S(=O)(=O)C(C)C)n2)c(OC(C)C)cc1C1CCN(C(=O)CCCCCCCCCCN[C@H](C(=O)N2C[C@H](O)C[C@H]2C(=O)NCc2ccc(-c3scnc3C)cc2)C(C)(C)C)CC1. The average Bonchev–Trinajstić information content (AvgIpc) is 4.11. The van der Waals surface area contributed by atoms with E-state index >= 15 is 0 Å². The summed E-state index contributed by atoms with van der Waals surface area (Å²) in [7, 11) is -3.59. The number of sulfone groups is 1. The molecule has 5 N–H and O–H groups in total. The third-order valence-corrected chi connectivity index (χ3v) is 18.6. The van der Waals surface area contributed by atoms with Crippen LogP contribution in [0.1, 0.15) is 154 Å². The van der Waals surface area contributed by atoms with Crippen molar-refractivity contribution in [3.05, 3.63) is 99.8 Å². The number of unbranched alkanes of at least 4 members (excludes halogenated alkanes) is 7. The molecule has 0 saturated carbocycles. The number of β-amino-alcohol motifs (C(OH)–C–C–N with tert-alkyl or cyclic N) is 1. The number of amides is 3. The molecule has 0 unspecified atom stereocenters. The van der Waals surface area contributed by atoms with Crippen LogP contribution in [0, 0.1) is 19.3 Å². The number of aliphatic hydroxyl groups is 1. The van der Waals surface area contributed by atoms with Crippen molar-refractivity contribution in [1.82, 2.24) is 35.4 Å². The van der Waals surface area contributed by atoms with Gasteiger partial charge in [-0.3, -0.25) is 14.4 Å². The minimum Gasteiger partial charge on any atom is -0.489 e. The highest BCUT2D eigenvalue weighted by Crippen LogP contribution is 2.39. The topological polar surface area (TPSA) is 208 Å². The maximum Gasteiger partial charge on any atom is 0.243 e. The zero-order valence-corrected chi connectivity index (χ0v) is 50.6. The van der Waals surface area contributed by atoms with E-state index in [1.165, 1.54) is 11.8 Å². The Morgan fingerprint density at radius 1 is 0.875 bits per heavy atom. The highest BCUT2D eigenvalue weighted by molar-refractivity contribution is 7.92. The second kappa shape index (κ2) is 28.4. The number of benzene rings is 3. The number of carbonyl (C=O) groups excluding carboxylic acids is 3. The van der Waals surface area contributed by atoms with Gasteiger partial charge in [0, 0.05) is 39.0 Å². The first-order chi connectivity index (χ1) is 38.1. The molecule has 2 aliphatic heterocycles. The zero-order chi connectivity index (χ0) is 57.7. The van der Waals surface area contributed by atoms with Crippen molar-refractivity contribution in [3.8, 4) is 16.2 Å². The van der Waals surface area contributed by atoms with Gasteiger partial charge in [-0.25, -0.2) is 18.4 Å². The van der Waals surface area contributed by atoms with Crippen LogP contribution in [0.25, 0.3) is 10.4 Å². The molecule has 80 heavy (non-hydrogen) atoms. The summed E-state index contributed by atoms with van der Waals surface area (Å²) in [6.07, 6.45) is 11.4. The number of ether oxygens (including phenoxy) is 1. The molecule has 2 aromatic heterocycles. The highest BCUT2D eigenvalue weighted by Gasteiger charge is 2.44. The number of nitrogens with one attached hydrogen (secondary N) is 4. The lowest BCUT2D eigenvalue weighted by Gasteiger charge is -2.35. The van der Waals surface area contributed by atoms with Gasteiger partial charge < -0.3 is 40.9 Å². The number of carbonyl (C=O) groups is 3. The number of aliphatic hydroxyl groups excluding tert-OH is 1. The normalized spacial score (nSPS) is 16.6. The molecule has 0 aliphatic carbocycles. The summed E-state index contributed by atoms with van der Waals surface area (Å²) in [5, 5.41) is 23.2. The highest BCUT2D eigenvalue weighted by atomic mass is 35.5. The molecule has 2 fully saturated rings. The maximum atomic E-state index is 14.1. The lowest BCUT2D eigenvalue weighted by atomic mass is 9.85. The smallest absolute Gasteiger partial charge is 0.243 e. The average molecular weight is 1150 g/mol. The summed E-state index contributed by atoms with van der Waals surface area (Å²) in [5.41, 5.74) is 7.80. The number of halogens is 1. The summed E-state index contributed by atoms with van der Waals surface area (Å²) in [5.74, 6) is 1.26. The summed E-state index contributed by atoms with van der Waals surface area (Å²) >= 11 is 8.14. The minimum absolute atomic E-state index is 0.106. The molecule has 16 nitrogen and oxygen atoms in total. The van der Waals surface area contributed by atoms with Gasteiger partial charge in [0.25, 0.3) is 0 Å². The van der Waals surface area contributed by atoms with Gasteiger partial charge >= 0.3 is 0 Å². The largest absolute Gasteiger partial charge is 0.489 e. The number of rotatable bonds is 26. The number of nitrogens with zero attached hydrogens (tertiary/aromatic N) is 5. The van der Waals surface area contributed by atoms with Crippen molar-refractivity contribution in [2.24, 2.45) is 5.41 Å². The molecule has 3 atom stereocenters. The van der Waals surface area contributed by atoms with Crippen LogP contribution in [-0.4, -0.2) is 112 Å². The van der Waals surface area contributed by atoms with Crippen LogP contribution < -0.4 is 26.0 Å². The van der Waals surface area contributed by atoms with Gasteiger partial charge in [-0.15, -0.1) is 11.3 Å². The van der Waals surface area contributed by atoms with Crippen LogP contribution >= 0.6 is 22.9 Å². The molecule has 7 rings (SSSR count). The molecule has 0 bridgehead atoms. The molecule has 5 aromatic rings. The van der Waals surface area contributed by atoms with E-state index in [1.54, 1.807) is 54.3 Å².